The lowest BCUT2D eigenvalue weighted by Crippen LogP contribution is -2.54. The molecule has 0 aromatic rings. The van der Waals surface area contributed by atoms with E-state index in [0.717, 1.165) is 0 Å². The van der Waals surface area contributed by atoms with Crippen molar-refractivity contribution in [1.29, 1.82) is 0 Å². The zero-order valence-electron chi connectivity index (χ0n) is 22.1. The number of ether oxygens (including phenoxy) is 2. The van der Waals surface area contributed by atoms with Crippen LogP contribution in [0.4, 0.5) is 0 Å². The molecular formula is C24H46N4O6. The highest BCUT2D eigenvalue weighted by molar-refractivity contribution is 5.90. The molecule has 198 valence electrons. The molecule has 0 bridgehead atoms. The number of Topliss-reactive ketones (excluding diaryl/α,β-unsaturated/α-hetero) is 1. The number of likely N-dealkylation sites (N-methyl/N-ethyl adjacent to an activating group) is 1. The highest BCUT2D eigenvalue weighted by Gasteiger charge is 2.30. The molecule has 0 spiro atoms. The van der Waals surface area contributed by atoms with E-state index in [1.165, 1.54) is 6.92 Å². The largest absolute Gasteiger partial charge is 0.378 e. The fraction of sp³-hybridized carbons (Fsp3) is 0.833. The van der Waals surface area contributed by atoms with Crippen LogP contribution in [-0.2, 0) is 28.7 Å². The average Bonchev–Trinajstić information content (AvgIpc) is 2.74. The van der Waals surface area contributed by atoms with Gasteiger partial charge in [0.15, 0.2) is 5.78 Å². The zero-order valence-corrected chi connectivity index (χ0v) is 22.1. The first kappa shape index (κ1) is 32.0. The van der Waals surface area contributed by atoms with E-state index in [1.54, 1.807) is 0 Å². The summed E-state index contributed by atoms with van der Waals surface area (Å²) in [6.45, 7) is 14.2. The van der Waals surface area contributed by atoms with Crippen LogP contribution in [0.25, 0.3) is 0 Å². The van der Waals surface area contributed by atoms with Crippen LogP contribution in [0.5, 0.6) is 0 Å². The SMILES string of the molecule is CCNC(=O)CCC(=O)NCCOCCOCCN(C)[C@H](C(=O)N[C@H](C(C)=O)C(C)C)C(C)C. The zero-order chi connectivity index (χ0) is 26.1. The van der Waals surface area contributed by atoms with E-state index in [-0.39, 0.29) is 54.2 Å². The van der Waals surface area contributed by atoms with Crippen molar-refractivity contribution < 1.29 is 28.7 Å². The Morgan fingerprint density at radius 2 is 1.38 bits per heavy atom. The Labute approximate surface area is 204 Å². The molecule has 10 heteroatoms. The fourth-order valence-electron chi connectivity index (χ4n) is 3.52. The second-order valence-electron chi connectivity index (χ2n) is 9.04. The van der Waals surface area contributed by atoms with Crippen molar-refractivity contribution in [2.24, 2.45) is 11.8 Å². The minimum atomic E-state index is -0.485. The van der Waals surface area contributed by atoms with E-state index in [4.69, 9.17) is 9.47 Å². The molecule has 2 atom stereocenters. The summed E-state index contributed by atoms with van der Waals surface area (Å²) in [7, 11) is 1.87. The van der Waals surface area contributed by atoms with Crippen molar-refractivity contribution in [3.63, 3.8) is 0 Å². The summed E-state index contributed by atoms with van der Waals surface area (Å²) >= 11 is 0. The monoisotopic (exact) mass is 486 g/mol. The van der Waals surface area contributed by atoms with Crippen molar-refractivity contribution in [3.8, 4) is 0 Å². The first-order valence-electron chi connectivity index (χ1n) is 12.2. The molecule has 3 N–H and O–H groups in total. The lowest BCUT2D eigenvalue weighted by molar-refractivity contribution is -0.132. The van der Waals surface area contributed by atoms with Gasteiger partial charge in [-0.3, -0.25) is 24.1 Å². The number of rotatable bonds is 19. The Balaban J connectivity index is 4.07. The number of nitrogens with one attached hydrogen (secondary N) is 3. The smallest absolute Gasteiger partial charge is 0.238 e. The molecule has 0 fully saturated rings. The van der Waals surface area contributed by atoms with Gasteiger partial charge in [0.1, 0.15) is 0 Å². The second kappa shape index (κ2) is 18.3. The minimum absolute atomic E-state index is 0.0310. The molecule has 34 heavy (non-hydrogen) atoms. The Morgan fingerprint density at radius 3 is 1.88 bits per heavy atom. The van der Waals surface area contributed by atoms with Gasteiger partial charge in [-0.25, -0.2) is 0 Å². The molecule has 10 nitrogen and oxygen atoms in total. The van der Waals surface area contributed by atoms with Gasteiger partial charge in [0.05, 0.1) is 38.5 Å². The van der Waals surface area contributed by atoms with Crippen LogP contribution in [0, 0.1) is 11.8 Å². The third kappa shape index (κ3) is 14.3. The maximum atomic E-state index is 12.8. The molecule has 0 aromatic heterocycles. The van der Waals surface area contributed by atoms with E-state index in [9.17, 15) is 19.2 Å². The number of carbonyl (C=O) groups excluding carboxylic acids is 4. The molecule has 3 amide bonds. The number of amides is 3. The second-order valence-corrected chi connectivity index (χ2v) is 9.04. The van der Waals surface area contributed by atoms with E-state index in [0.29, 0.717) is 46.1 Å². The lowest BCUT2D eigenvalue weighted by Gasteiger charge is -2.32. The van der Waals surface area contributed by atoms with Gasteiger partial charge in [-0.15, -0.1) is 0 Å². The van der Waals surface area contributed by atoms with Crippen molar-refractivity contribution in [3.05, 3.63) is 0 Å². The molecule has 0 radical (unpaired) electrons. The molecule has 0 saturated heterocycles. The standard InChI is InChI=1S/C24H46N4O6/c1-8-25-20(30)9-10-21(31)26-11-13-33-15-16-34-14-12-28(7)23(18(4)5)24(32)27-22(17(2)3)19(6)29/h17-18,22-23H,8-16H2,1-7H3,(H,25,30)(H,26,31)(H,27,32)/t22-,23-/m0/s1. The number of hydrogen-bond donors (Lipinski definition) is 3. The third-order valence-corrected chi connectivity index (χ3v) is 5.26. The normalized spacial score (nSPS) is 13.1. The van der Waals surface area contributed by atoms with Gasteiger partial charge in [0, 0.05) is 32.5 Å². The highest BCUT2D eigenvalue weighted by Crippen LogP contribution is 2.11. The fourth-order valence-corrected chi connectivity index (χ4v) is 3.52. The van der Waals surface area contributed by atoms with Crippen LogP contribution in [-0.4, -0.2) is 93.6 Å². The quantitative estimate of drug-likeness (QED) is 0.230. The van der Waals surface area contributed by atoms with E-state index < -0.39 is 6.04 Å². The predicted molar refractivity (Wildman–Crippen MR) is 131 cm³/mol. The lowest BCUT2D eigenvalue weighted by atomic mass is 9.97. The van der Waals surface area contributed by atoms with Crippen molar-refractivity contribution in [2.45, 2.75) is 66.5 Å². The molecule has 0 unspecified atom stereocenters. The van der Waals surface area contributed by atoms with Gasteiger partial charge in [0.2, 0.25) is 17.7 Å². The van der Waals surface area contributed by atoms with Gasteiger partial charge in [-0.05, 0) is 32.7 Å². The maximum absolute atomic E-state index is 12.8. The topological polar surface area (TPSA) is 126 Å². The Hall–Kier alpha value is -2.04. The van der Waals surface area contributed by atoms with Crippen LogP contribution in [0.3, 0.4) is 0 Å². The molecular weight excluding hydrogens is 440 g/mol. The van der Waals surface area contributed by atoms with Crippen molar-refractivity contribution in [2.75, 3.05) is 53.1 Å². The van der Waals surface area contributed by atoms with Gasteiger partial charge in [0.25, 0.3) is 0 Å². The highest BCUT2D eigenvalue weighted by atomic mass is 16.5. The first-order chi connectivity index (χ1) is 16.0. The Morgan fingerprint density at radius 1 is 0.824 bits per heavy atom. The number of nitrogens with zero attached hydrogens (tertiary/aromatic N) is 1. The van der Waals surface area contributed by atoms with Crippen LogP contribution >= 0.6 is 0 Å². The van der Waals surface area contributed by atoms with E-state index in [2.05, 4.69) is 16.0 Å². The van der Waals surface area contributed by atoms with Crippen LogP contribution in [0.1, 0.15) is 54.4 Å². The van der Waals surface area contributed by atoms with Gasteiger partial charge >= 0.3 is 0 Å². The number of carbonyl (C=O) groups is 4. The molecule has 0 aromatic carbocycles. The summed E-state index contributed by atoms with van der Waals surface area (Å²) in [5.41, 5.74) is 0. The summed E-state index contributed by atoms with van der Waals surface area (Å²) in [5.74, 6) is -0.403. The molecule has 0 aliphatic carbocycles. The van der Waals surface area contributed by atoms with E-state index in [1.807, 2.05) is 46.6 Å². The van der Waals surface area contributed by atoms with Crippen LogP contribution in [0.2, 0.25) is 0 Å². The third-order valence-electron chi connectivity index (χ3n) is 5.26. The average molecular weight is 487 g/mol. The maximum Gasteiger partial charge on any atom is 0.238 e. The van der Waals surface area contributed by atoms with E-state index >= 15 is 0 Å². The Bertz CT molecular complexity index is 627. The summed E-state index contributed by atoms with van der Waals surface area (Å²) in [4.78, 5) is 49.6. The molecule has 0 aliphatic rings. The molecule has 0 rings (SSSR count). The summed E-state index contributed by atoms with van der Waals surface area (Å²) in [6.07, 6.45) is 0.335. The molecule has 0 heterocycles. The van der Waals surface area contributed by atoms with Crippen LogP contribution in [0.15, 0.2) is 0 Å². The summed E-state index contributed by atoms with van der Waals surface area (Å²) in [5, 5.41) is 8.25. The van der Waals surface area contributed by atoms with Gasteiger partial charge in [-0.1, -0.05) is 27.7 Å². The summed E-state index contributed by atoms with van der Waals surface area (Å²) < 4.78 is 11.0. The predicted octanol–water partition coefficient (Wildman–Crippen LogP) is 0.738. The van der Waals surface area contributed by atoms with Gasteiger partial charge in [-0.2, -0.15) is 0 Å². The number of ketones is 1. The molecule has 0 saturated carbocycles. The van der Waals surface area contributed by atoms with Crippen LogP contribution < -0.4 is 16.0 Å². The number of hydrogen-bond acceptors (Lipinski definition) is 7. The van der Waals surface area contributed by atoms with Crippen molar-refractivity contribution >= 4 is 23.5 Å². The Kier molecular flexibility index (Phi) is 17.2. The summed E-state index contributed by atoms with van der Waals surface area (Å²) in [6, 6.07) is -0.849. The minimum Gasteiger partial charge on any atom is -0.378 e. The molecule has 0 aliphatic heterocycles. The van der Waals surface area contributed by atoms with Crippen molar-refractivity contribution in [1.82, 2.24) is 20.9 Å². The van der Waals surface area contributed by atoms with Gasteiger partial charge < -0.3 is 25.4 Å². The first-order valence-corrected chi connectivity index (χ1v) is 12.2.